The smallest absolute Gasteiger partial charge is 0.313 e. The van der Waals surface area contributed by atoms with E-state index in [1.807, 2.05) is 0 Å². The summed E-state index contributed by atoms with van der Waals surface area (Å²) in [6.07, 6.45) is -1.32. The SMILES string of the molecule is Fc1nc(F)c(F)c(NCCCCCNc2nc(F)nc(F)c2F)n1. The zero-order chi connectivity index (χ0) is 18.4. The molecule has 0 aliphatic rings. The molecule has 0 aliphatic carbocycles. The minimum Gasteiger partial charge on any atom is -0.367 e. The van der Waals surface area contributed by atoms with Gasteiger partial charge in [0.2, 0.25) is 11.6 Å². The molecule has 2 N–H and O–H groups in total. The Balaban J connectivity index is 1.69. The van der Waals surface area contributed by atoms with Crippen molar-refractivity contribution in [3.8, 4) is 0 Å². The van der Waals surface area contributed by atoms with Crippen molar-refractivity contribution >= 4 is 11.6 Å². The van der Waals surface area contributed by atoms with Gasteiger partial charge in [0.1, 0.15) is 0 Å². The fourth-order valence-corrected chi connectivity index (χ4v) is 1.86. The first kappa shape index (κ1) is 18.7. The first-order valence-electron chi connectivity index (χ1n) is 7.13. The minimum atomic E-state index is -1.59. The summed E-state index contributed by atoms with van der Waals surface area (Å²) in [6.45, 7) is 0.329. The van der Waals surface area contributed by atoms with Crippen molar-refractivity contribution in [3.05, 3.63) is 35.7 Å². The summed E-state index contributed by atoms with van der Waals surface area (Å²) in [7, 11) is 0. The molecule has 0 atom stereocenters. The number of hydrogen-bond acceptors (Lipinski definition) is 6. The van der Waals surface area contributed by atoms with Gasteiger partial charge in [-0.05, 0) is 19.3 Å². The van der Waals surface area contributed by atoms with Crippen molar-refractivity contribution in [2.75, 3.05) is 23.7 Å². The van der Waals surface area contributed by atoms with Crippen molar-refractivity contribution in [2.24, 2.45) is 0 Å². The van der Waals surface area contributed by atoms with E-state index in [0.29, 0.717) is 19.3 Å². The first-order chi connectivity index (χ1) is 11.9. The van der Waals surface area contributed by atoms with Crippen molar-refractivity contribution in [2.45, 2.75) is 19.3 Å². The number of nitrogens with one attached hydrogen (secondary N) is 2. The largest absolute Gasteiger partial charge is 0.367 e. The second-order valence-corrected chi connectivity index (χ2v) is 4.81. The van der Waals surface area contributed by atoms with Crippen molar-refractivity contribution in [3.63, 3.8) is 0 Å². The van der Waals surface area contributed by atoms with Gasteiger partial charge in [-0.25, -0.2) is 0 Å². The maximum atomic E-state index is 13.3. The Morgan fingerprint density at radius 3 is 1.36 bits per heavy atom. The Kier molecular flexibility index (Phi) is 6.31. The van der Waals surface area contributed by atoms with Gasteiger partial charge in [0.05, 0.1) is 0 Å². The highest BCUT2D eigenvalue weighted by molar-refractivity contribution is 5.35. The monoisotopic (exact) mass is 366 g/mol. The fraction of sp³-hybridized carbons (Fsp3) is 0.385. The van der Waals surface area contributed by atoms with E-state index in [4.69, 9.17) is 0 Å². The van der Waals surface area contributed by atoms with Gasteiger partial charge in [-0.15, -0.1) is 0 Å². The van der Waals surface area contributed by atoms with E-state index >= 15 is 0 Å². The van der Waals surface area contributed by atoms with Crippen LogP contribution in [0.2, 0.25) is 0 Å². The number of unbranched alkanes of at least 4 members (excludes halogenated alkanes) is 2. The van der Waals surface area contributed by atoms with Gasteiger partial charge >= 0.3 is 12.2 Å². The molecule has 0 radical (unpaired) electrons. The molecule has 2 aromatic heterocycles. The molecular weight excluding hydrogens is 354 g/mol. The predicted molar refractivity (Wildman–Crippen MR) is 74.6 cm³/mol. The van der Waals surface area contributed by atoms with Gasteiger partial charge in [-0.2, -0.15) is 46.3 Å². The molecule has 136 valence electrons. The van der Waals surface area contributed by atoms with Crippen LogP contribution in [0.25, 0.3) is 0 Å². The summed E-state index contributed by atoms with van der Waals surface area (Å²) in [5.41, 5.74) is 0. The standard InChI is InChI=1S/C13H12F6N6/c14-6-8(16)22-12(18)24-10(6)20-4-2-1-3-5-21-11-7(15)9(17)23-13(19)25-11/h1-5H2,(H,20,22,24)(H,21,23,25). The third-order valence-electron chi connectivity index (χ3n) is 3.01. The highest BCUT2D eigenvalue weighted by Crippen LogP contribution is 2.14. The number of anilines is 2. The number of rotatable bonds is 8. The van der Waals surface area contributed by atoms with Gasteiger partial charge in [0, 0.05) is 13.1 Å². The van der Waals surface area contributed by atoms with Gasteiger partial charge in [-0.3, -0.25) is 0 Å². The molecule has 0 unspecified atom stereocenters. The highest BCUT2D eigenvalue weighted by atomic mass is 19.2. The van der Waals surface area contributed by atoms with E-state index in [1.165, 1.54) is 0 Å². The van der Waals surface area contributed by atoms with Crippen molar-refractivity contribution in [1.29, 1.82) is 0 Å². The molecule has 0 saturated heterocycles. The number of nitrogens with zero attached hydrogens (tertiary/aromatic N) is 4. The molecule has 2 heterocycles. The zero-order valence-electron chi connectivity index (χ0n) is 12.6. The summed E-state index contributed by atoms with van der Waals surface area (Å²) < 4.78 is 77.7. The highest BCUT2D eigenvalue weighted by Gasteiger charge is 2.14. The lowest BCUT2D eigenvalue weighted by molar-refractivity contribution is 0.429. The molecule has 25 heavy (non-hydrogen) atoms. The van der Waals surface area contributed by atoms with E-state index < -0.39 is 47.3 Å². The Labute approximate surface area is 137 Å². The van der Waals surface area contributed by atoms with Crippen LogP contribution in [0.1, 0.15) is 19.3 Å². The van der Waals surface area contributed by atoms with E-state index in [9.17, 15) is 26.3 Å². The predicted octanol–water partition coefficient (Wildman–Crippen LogP) is 2.80. The van der Waals surface area contributed by atoms with E-state index in [0.717, 1.165) is 0 Å². The summed E-state index contributed by atoms with van der Waals surface area (Å²) in [4.78, 5) is 11.4. The lowest BCUT2D eigenvalue weighted by Crippen LogP contribution is -2.11. The van der Waals surface area contributed by atoms with Crippen molar-refractivity contribution < 1.29 is 26.3 Å². The molecule has 6 nitrogen and oxygen atoms in total. The van der Waals surface area contributed by atoms with Crippen LogP contribution in [0.5, 0.6) is 0 Å². The third-order valence-corrected chi connectivity index (χ3v) is 3.01. The van der Waals surface area contributed by atoms with Gasteiger partial charge in [-0.1, -0.05) is 0 Å². The Morgan fingerprint density at radius 2 is 0.960 bits per heavy atom. The van der Waals surface area contributed by atoms with Crippen LogP contribution in [-0.4, -0.2) is 33.0 Å². The second kappa shape index (κ2) is 8.44. The van der Waals surface area contributed by atoms with Crippen LogP contribution in [0.3, 0.4) is 0 Å². The normalized spacial score (nSPS) is 10.8. The van der Waals surface area contributed by atoms with Crippen LogP contribution in [-0.2, 0) is 0 Å². The third kappa shape index (κ3) is 5.16. The Bertz CT molecular complexity index is 682. The molecule has 2 aromatic rings. The summed E-state index contributed by atoms with van der Waals surface area (Å²) in [6, 6.07) is 0. The Hall–Kier alpha value is -2.66. The van der Waals surface area contributed by atoms with Crippen LogP contribution < -0.4 is 10.6 Å². The molecule has 12 heteroatoms. The minimum absolute atomic E-state index is 0.165. The maximum Gasteiger partial charge on any atom is 0.313 e. The Morgan fingerprint density at radius 1 is 0.560 bits per heavy atom. The lowest BCUT2D eigenvalue weighted by Gasteiger charge is -2.08. The van der Waals surface area contributed by atoms with Crippen LogP contribution in [0.15, 0.2) is 0 Å². The van der Waals surface area contributed by atoms with E-state index in [1.54, 1.807) is 0 Å². The fourth-order valence-electron chi connectivity index (χ4n) is 1.86. The molecule has 0 bridgehead atoms. The molecule has 0 aromatic carbocycles. The second-order valence-electron chi connectivity index (χ2n) is 4.81. The average molecular weight is 366 g/mol. The molecule has 0 fully saturated rings. The first-order valence-corrected chi connectivity index (χ1v) is 7.13. The average Bonchev–Trinajstić information content (AvgIpc) is 2.55. The van der Waals surface area contributed by atoms with E-state index in [2.05, 4.69) is 30.6 Å². The van der Waals surface area contributed by atoms with Crippen LogP contribution >= 0.6 is 0 Å². The van der Waals surface area contributed by atoms with Gasteiger partial charge in [0.25, 0.3) is 11.9 Å². The molecule has 0 spiro atoms. The summed E-state index contributed by atoms with van der Waals surface area (Å²) in [5.74, 6) is -7.12. The molecular formula is C13H12F6N6. The molecule has 0 amide bonds. The molecule has 0 saturated carbocycles. The van der Waals surface area contributed by atoms with Gasteiger partial charge in [0.15, 0.2) is 11.6 Å². The maximum absolute atomic E-state index is 13.3. The summed E-state index contributed by atoms with van der Waals surface area (Å²) in [5, 5.41) is 4.84. The van der Waals surface area contributed by atoms with Crippen molar-refractivity contribution in [1.82, 2.24) is 19.9 Å². The quantitative estimate of drug-likeness (QED) is 0.324. The summed E-state index contributed by atoms with van der Waals surface area (Å²) >= 11 is 0. The molecule has 2 rings (SSSR count). The number of hydrogen-bond donors (Lipinski definition) is 2. The van der Waals surface area contributed by atoms with Crippen LogP contribution in [0.4, 0.5) is 38.0 Å². The molecule has 0 aliphatic heterocycles. The van der Waals surface area contributed by atoms with Crippen LogP contribution in [0, 0.1) is 35.7 Å². The number of aromatic nitrogens is 4. The lowest BCUT2D eigenvalue weighted by atomic mass is 10.2. The van der Waals surface area contributed by atoms with E-state index in [-0.39, 0.29) is 13.1 Å². The zero-order valence-corrected chi connectivity index (χ0v) is 12.6. The number of halogens is 6. The topological polar surface area (TPSA) is 75.6 Å². The van der Waals surface area contributed by atoms with Gasteiger partial charge < -0.3 is 10.6 Å².